The minimum absolute atomic E-state index is 0.313. The summed E-state index contributed by atoms with van der Waals surface area (Å²) in [6, 6.07) is 9.49. The van der Waals surface area contributed by atoms with E-state index in [1.807, 2.05) is 30.3 Å². The number of hydrogen-bond acceptors (Lipinski definition) is 3. The molecule has 0 atom stereocenters. The minimum Gasteiger partial charge on any atom is -0.475 e. The molecule has 0 aliphatic carbocycles. The fourth-order valence-electron chi connectivity index (χ4n) is 2.16. The molecule has 0 amide bonds. The molecule has 0 spiro atoms. The zero-order chi connectivity index (χ0) is 14.5. The molecule has 0 saturated carbocycles. The number of ether oxygens (including phenoxy) is 1. The number of rotatable bonds is 10. The fourth-order valence-corrected chi connectivity index (χ4v) is 2.16. The summed E-state index contributed by atoms with van der Waals surface area (Å²) in [4.78, 5) is 0. The summed E-state index contributed by atoms with van der Waals surface area (Å²) in [6.07, 6.45) is 10.2. The predicted octanol–water partition coefficient (Wildman–Crippen LogP) is 4.98. The Kier molecular flexibility index (Phi) is 9.37. The smallest absolute Gasteiger partial charge is 0.257 e. The number of oxime groups is 1. The second kappa shape index (κ2) is 11.3. The maximum atomic E-state index is 8.97. The second-order valence-electron chi connectivity index (χ2n) is 5.09. The van der Waals surface area contributed by atoms with Gasteiger partial charge in [0.15, 0.2) is 0 Å². The van der Waals surface area contributed by atoms with Gasteiger partial charge in [-0.1, -0.05) is 70.1 Å². The Bertz CT molecular complexity index is 363. The van der Waals surface area contributed by atoms with Gasteiger partial charge in [-0.2, -0.15) is 0 Å². The van der Waals surface area contributed by atoms with Crippen LogP contribution in [-0.4, -0.2) is 17.7 Å². The highest BCUT2D eigenvalue weighted by Crippen LogP contribution is 2.09. The summed E-state index contributed by atoms with van der Waals surface area (Å²) in [6.45, 7) is 2.85. The first-order chi connectivity index (χ1) is 9.88. The van der Waals surface area contributed by atoms with Crippen LogP contribution in [0.25, 0.3) is 0 Å². The Morgan fingerprint density at radius 2 is 1.55 bits per heavy atom. The number of unbranched alkanes of at least 4 members (excludes halogenated alkanes) is 7. The summed E-state index contributed by atoms with van der Waals surface area (Å²) in [5.74, 6) is 0.313. The van der Waals surface area contributed by atoms with E-state index in [0.717, 1.165) is 12.0 Å². The molecule has 3 heteroatoms. The predicted molar refractivity (Wildman–Crippen MR) is 83.3 cm³/mol. The first-order valence-corrected chi connectivity index (χ1v) is 7.78. The number of nitrogens with zero attached hydrogens (tertiary/aromatic N) is 1. The van der Waals surface area contributed by atoms with Crippen molar-refractivity contribution in [1.29, 1.82) is 0 Å². The van der Waals surface area contributed by atoms with E-state index in [9.17, 15) is 0 Å². The van der Waals surface area contributed by atoms with Crippen molar-refractivity contribution in [3.05, 3.63) is 35.9 Å². The number of benzene rings is 1. The van der Waals surface area contributed by atoms with Crippen molar-refractivity contribution in [1.82, 2.24) is 0 Å². The molecule has 1 N–H and O–H groups in total. The summed E-state index contributed by atoms with van der Waals surface area (Å²) < 4.78 is 5.52. The van der Waals surface area contributed by atoms with Crippen LogP contribution < -0.4 is 0 Å². The lowest BCUT2D eigenvalue weighted by molar-refractivity contribution is 0.250. The molecule has 112 valence electrons. The largest absolute Gasteiger partial charge is 0.475 e. The van der Waals surface area contributed by atoms with Crippen LogP contribution >= 0.6 is 0 Å². The third-order valence-electron chi connectivity index (χ3n) is 3.35. The van der Waals surface area contributed by atoms with Crippen molar-refractivity contribution in [2.24, 2.45) is 5.16 Å². The molecule has 1 rings (SSSR count). The Hall–Kier alpha value is -1.51. The van der Waals surface area contributed by atoms with Gasteiger partial charge in [0.1, 0.15) is 0 Å². The third-order valence-corrected chi connectivity index (χ3v) is 3.35. The summed E-state index contributed by atoms with van der Waals surface area (Å²) in [5.41, 5.74) is 0.814. The van der Waals surface area contributed by atoms with Gasteiger partial charge in [0.25, 0.3) is 5.90 Å². The van der Waals surface area contributed by atoms with Crippen molar-refractivity contribution in [2.75, 3.05) is 6.61 Å². The molecule has 0 aromatic heterocycles. The highest BCUT2D eigenvalue weighted by atomic mass is 16.5. The van der Waals surface area contributed by atoms with Gasteiger partial charge in [-0.15, -0.1) is 0 Å². The van der Waals surface area contributed by atoms with Gasteiger partial charge in [-0.05, 0) is 23.7 Å². The Morgan fingerprint density at radius 1 is 0.950 bits per heavy atom. The fraction of sp³-hybridized carbons (Fsp3) is 0.588. The molecule has 20 heavy (non-hydrogen) atoms. The molecule has 3 nitrogen and oxygen atoms in total. The van der Waals surface area contributed by atoms with Crippen LogP contribution in [0.15, 0.2) is 35.5 Å². The lowest BCUT2D eigenvalue weighted by atomic mass is 10.1. The van der Waals surface area contributed by atoms with Gasteiger partial charge in [0.05, 0.1) is 6.61 Å². The van der Waals surface area contributed by atoms with Crippen LogP contribution in [0.2, 0.25) is 0 Å². The first-order valence-electron chi connectivity index (χ1n) is 7.78. The van der Waals surface area contributed by atoms with Crippen LogP contribution in [-0.2, 0) is 4.74 Å². The molecule has 1 aromatic carbocycles. The molecule has 0 unspecified atom stereocenters. The van der Waals surface area contributed by atoms with Crippen molar-refractivity contribution in [3.63, 3.8) is 0 Å². The van der Waals surface area contributed by atoms with E-state index in [0.29, 0.717) is 12.5 Å². The van der Waals surface area contributed by atoms with E-state index in [4.69, 9.17) is 9.94 Å². The zero-order valence-corrected chi connectivity index (χ0v) is 12.6. The lowest BCUT2D eigenvalue weighted by Crippen LogP contribution is -2.08. The first kappa shape index (κ1) is 16.5. The molecule has 0 aliphatic rings. The second-order valence-corrected chi connectivity index (χ2v) is 5.09. The van der Waals surface area contributed by atoms with Crippen molar-refractivity contribution < 1.29 is 9.94 Å². The lowest BCUT2D eigenvalue weighted by Gasteiger charge is -2.07. The van der Waals surface area contributed by atoms with Crippen LogP contribution in [0.3, 0.4) is 0 Å². The highest BCUT2D eigenvalue weighted by Gasteiger charge is 2.04. The van der Waals surface area contributed by atoms with Crippen molar-refractivity contribution >= 4 is 5.90 Å². The van der Waals surface area contributed by atoms with Crippen LogP contribution in [0.4, 0.5) is 0 Å². The van der Waals surface area contributed by atoms with Gasteiger partial charge in [0.2, 0.25) is 0 Å². The Morgan fingerprint density at radius 3 is 2.15 bits per heavy atom. The molecular weight excluding hydrogens is 250 g/mol. The maximum Gasteiger partial charge on any atom is 0.257 e. The molecule has 0 heterocycles. The van der Waals surface area contributed by atoms with Gasteiger partial charge in [-0.25, -0.2) is 0 Å². The SMILES string of the molecule is CCCCCCCCCCOC(=NO)c1ccccc1. The molecule has 0 fully saturated rings. The standard InChI is InChI=1S/C17H27NO2/c1-2-3-4-5-6-7-8-12-15-20-17(18-19)16-13-10-9-11-14-16/h9-11,13-14,19H,2-8,12,15H2,1H3. The van der Waals surface area contributed by atoms with Crippen LogP contribution in [0.1, 0.15) is 63.9 Å². The molecule has 0 bridgehead atoms. The monoisotopic (exact) mass is 277 g/mol. The molecule has 0 radical (unpaired) electrons. The quantitative estimate of drug-likeness (QED) is 0.215. The molecule has 1 aromatic rings. The van der Waals surface area contributed by atoms with Gasteiger partial charge in [-0.3, -0.25) is 0 Å². The van der Waals surface area contributed by atoms with E-state index in [2.05, 4.69) is 12.1 Å². The maximum absolute atomic E-state index is 8.97. The average Bonchev–Trinajstić information content (AvgIpc) is 2.50. The number of hydrogen-bond donors (Lipinski definition) is 1. The Labute approximate surface area is 122 Å². The molecule has 0 saturated heterocycles. The highest BCUT2D eigenvalue weighted by molar-refractivity contribution is 5.93. The normalized spacial score (nSPS) is 11.6. The third kappa shape index (κ3) is 7.17. The van der Waals surface area contributed by atoms with E-state index in [1.165, 1.54) is 44.9 Å². The van der Waals surface area contributed by atoms with E-state index in [1.54, 1.807) is 0 Å². The van der Waals surface area contributed by atoms with Gasteiger partial charge >= 0.3 is 0 Å². The summed E-state index contributed by atoms with van der Waals surface area (Å²) in [7, 11) is 0. The summed E-state index contributed by atoms with van der Waals surface area (Å²) in [5, 5.41) is 12.2. The molecule has 0 aliphatic heterocycles. The average molecular weight is 277 g/mol. The minimum atomic E-state index is 0.313. The molecular formula is C17H27NO2. The van der Waals surface area contributed by atoms with Gasteiger partial charge < -0.3 is 9.94 Å². The Balaban J connectivity index is 2.06. The van der Waals surface area contributed by atoms with E-state index in [-0.39, 0.29) is 0 Å². The van der Waals surface area contributed by atoms with E-state index < -0.39 is 0 Å². The van der Waals surface area contributed by atoms with Crippen molar-refractivity contribution in [2.45, 2.75) is 58.3 Å². The van der Waals surface area contributed by atoms with Crippen LogP contribution in [0.5, 0.6) is 0 Å². The van der Waals surface area contributed by atoms with Gasteiger partial charge in [0, 0.05) is 5.56 Å². The van der Waals surface area contributed by atoms with E-state index >= 15 is 0 Å². The summed E-state index contributed by atoms with van der Waals surface area (Å²) >= 11 is 0. The topological polar surface area (TPSA) is 41.8 Å². The van der Waals surface area contributed by atoms with Crippen LogP contribution in [0, 0.1) is 0 Å². The van der Waals surface area contributed by atoms with Crippen molar-refractivity contribution in [3.8, 4) is 0 Å². The zero-order valence-electron chi connectivity index (χ0n) is 12.6.